The molecule has 1 amide bonds. The van der Waals surface area contributed by atoms with Crippen LogP contribution in [-0.4, -0.2) is 15.7 Å². The number of carbonyl (C=O) groups is 1. The lowest BCUT2D eigenvalue weighted by Gasteiger charge is -2.05. The normalized spacial score (nSPS) is 10.5. The van der Waals surface area contributed by atoms with Gasteiger partial charge in [0.2, 0.25) is 0 Å². The number of nitrogens with one attached hydrogen (secondary N) is 1. The number of carbonyl (C=O) groups excluding carboxylic acids is 1. The first-order valence-electron chi connectivity index (χ1n) is 5.50. The largest absolute Gasteiger partial charge is 0.318 e. The number of aromatic nitrogens is 2. The maximum Gasteiger partial charge on any atom is 0.277 e. The fourth-order valence-electron chi connectivity index (χ4n) is 1.49. The monoisotopic (exact) mass is 285 g/mol. The highest BCUT2D eigenvalue weighted by molar-refractivity contribution is 6.34. The van der Waals surface area contributed by atoms with E-state index in [9.17, 15) is 13.6 Å². The third-order valence-corrected chi connectivity index (χ3v) is 2.71. The molecule has 100 valence electrons. The van der Waals surface area contributed by atoms with E-state index >= 15 is 0 Å². The zero-order valence-corrected chi connectivity index (χ0v) is 10.7. The summed E-state index contributed by atoms with van der Waals surface area (Å²) in [7, 11) is 0. The van der Waals surface area contributed by atoms with Gasteiger partial charge in [-0.25, -0.2) is 8.78 Å². The van der Waals surface area contributed by atoms with E-state index in [0.717, 1.165) is 18.2 Å². The van der Waals surface area contributed by atoms with Crippen LogP contribution in [0.15, 0.2) is 24.4 Å². The summed E-state index contributed by atoms with van der Waals surface area (Å²) in [5.74, 6) is -2.08. The van der Waals surface area contributed by atoms with Gasteiger partial charge in [0.25, 0.3) is 5.91 Å². The van der Waals surface area contributed by atoms with Crippen LogP contribution in [0.2, 0.25) is 5.02 Å². The highest BCUT2D eigenvalue weighted by atomic mass is 35.5. The molecule has 1 aromatic heterocycles. The Bertz CT molecular complexity index is 627. The van der Waals surface area contributed by atoms with Crippen molar-refractivity contribution in [2.45, 2.75) is 13.5 Å². The molecule has 19 heavy (non-hydrogen) atoms. The zero-order valence-electron chi connectivity index (χ0n) is 9.95. The summed E-state index contributed by atoms with van der Waals surface area (Å²) in [4.78, 5) is 11.9. The van der Waals surface area contributed by atoms with Crippen molar-refractivity contribution in [3.8, 4) is 0 Å². The van der Waals surface area contributed by atoms with Gasteiger partial charge in [0.05, 0.1) is 10.7 Å². The zero-order chi connectivity index (χ0) is 14.0. The fraction of sp³-hybridized carbons (Fsp3) is 0.167. The topological polar surface area (TPSA) is 46.9 Å². The fourth-order valence-corrected chi connectivity index (χ4v) is 1.72. The van der Waals surface area contributed by atoms with Gasteiger partial charge in [-0.15, -0.1) is 0 Å². The van der Waals surface area contributed by atoms with Crippen molar-refractivity contribution in [3.05, 3.63) is 46.7 Å². The van der Waals surface area contributed by atoms with Gasteiger partial charge in [0.15, 0.2) is 5.69 Å². The standard InChI is InChI=1S/C12H10ClF2N3O/c1-2-18-6-8(13)11(17-18)12(19)16-10-5-7(14)3-4-9(10)15/h3-6H,2H2,1H3,(H,16,19). The number of hydrogen-bond donors (Lipinski definition) is 1. The molecule has 0 fully saturated rings. The molecule has 2 rings (SSSR count). The number of rotatable bonds is 3. The van der Waals surface area contributed by atoms with Crippen LogP contribution in [-0.2, 0) is 6.54 Å². The van der Waals surface area contributed by atoms with E-state index in [2.05, 4.69) is 10.4 Å². The van der Waals surface area contributed by atoms with Crippen molar-refractivity contribution in [3.63, 3.8) is 0 Å². The smallest absolute Gasteiger partial charge is 0.277 e. The van der Waals surface area contributed by atoms with Crippen LogP contribution >= 0.6 is 11.6 Å². The SMILES string of the molecule is CCn1cc(Cl)c(C(=O)Nc2cc(F)ccc2F)n1. The first-order valence-corrected chi connectivity index (χ1v) is 5.88. The van der Waals surface area contributed by atoms with E-state index in [-0.39, 0.29) is 16.4 Å². The van der Waals surface area contributed by atoms with Crippen molar-refractivity contribution in [2.75, 3.05) is 5.32 Å². The summed E-state index contributed by atoms with van der Waals surface area (Å²) < 4.78 is 27.8. The summed E-state index contributed by atoms with van der Waals surface area (Å²) in [5, 5.41) is 6.31. The number of nitrogens with zero attached hydrogens (tertiary/aromatic N) is 2. The van der Waals surface area contributed by atoms with E-state index in [1.165, 1.54) is 10.9 Å². The highest BCUT2D eigenvalue weighted by Crippen LogP contribution is 2.19. The Labute approximate surface area is 113 Å². The third-order valence-electron chi connectivity index (χ3n) is 2.43. The Morgan fingerprint density at radius 1 is 1.47 bits per heavy atom. The molecule has 0 aliphatic heterocycles. The molecule has 7 heteroatoms. The van der Waals surface area contributed by atoms with E-state index < -0.39 is 17.5 Å². The molecule has 0 bridgehead atoms. The lowest BCUT2D eigenvalue weighted by molar-refractivity contribution is 0.102. The molecule has 0 aliphatic rings. The van der Waals surface area contributed by atoms with E-state index in [1.807, 2.05) is 6.92 Å². The van der Waals surface area contributed by atoms with Crippen LogP contribution in [0.5, 0.6) is 0 Å². The minimum Gasteiger partial charge on any atom is -0.318 e. The van der Waals surface area contributed by atoms with Crippen LogP contribution in [0.4, 0.5) is 14.5 Å². The Balaban J connectivity index is 2.25. The second-order valence-corrected chi connectivity index (χ2v) is 4.17. The van der Waals surface area contributed by atoms with E-state index in [0.29, 0.717) is 6.54 Å². The maximum absolute atomic E-state index is 13.4. The predicted octanol–water partition coefficient (Wildman–Crippen LogP) is 3.09. The molecule has 1 heterocycles. The summed E-state index contributed by atoms with van der Waals surface area (Å²) in [6, 6.07) is 2.78. The molecule has 0 spiro atoms. The molecule has 4 nitrogen and oxygen atoms in total. The Morgan fingerprint density at radius 2 is 2.21 bits per heavy atom. The molecular weight excluding hydrogens is 276 g/mol. The van der Waals surface area contributed by atoms with Crippen LogP contribution in [0, 0.1) is 11.6 Å². The average Bonchev–Trinajstić information content (AvgIpc) is 2.75. The molecule has 0 unspecified atom stereocenters. The second-order valence-electron chi connectivity index (χ2n) is 3.76. The lowest BCUT2D eigenvalue weighted by atomic mass is 10.3. The van der Waals surface area contributed by atoms with Gasteiger partial charge in [-0.1, -0.05) is 11.6 Å². The van der Waals surface area contributed by atoms with Gasteiger partial charge in [-0.05, 0) is 19.1 Å². The van der Waals surface area contributed by atoms with Crippen LogP contribution in [0.3, 0.4) is 0 Å². The van der Waals surface area contributed by atoms with Crippen LogP contribution in [0.25, 0.3) is 0 Å². The van der Waals surface area contributed by atoms with Gasteiger partial charge in [0.1, 0.15) is 11.6 Å². The molecule has 1 N–H and O–H groups in total. The summed E-state index contributed by atoms with van der Waals surface area (Å²) in [6.45, 7) is 2.37. The first kappa shape index (κ1) is 13.5. The van der Waals surface area contributed by atoms with Gasteiger partial charge >= 0.3 is 0 Å². The predicted molar refractivity (Wildman–Crippen MR) is 67.2 cm³/mol. The minimum atomic E-state index is -0.735. The molecule has 0 radical (unpaired) electrons. The van der Waals surface area contributed by atoms with Crippen molar-refractivity contribution in [1.82, 2.24) is 9.78 Å². The third kappa shape index (κ3) is 2.90. The number of benzene rings is 1. The highest BCUT2D eigenvalue weighted by Gasteiger charge is 2.17. The van der Waals surface area contributed by atoms with Gasteiger partial charge < -0.3 is 5.32 Å². The number of anilines is 1. The Hall–Kier alpha value is -1.95. The molecule has 0 aliphatic carbocycles. The number of amides is 1. The van der Waals surface area contributed by atoms with E-state index in [4.69, 9.17) is 11.6 Å². The minimum absolute atomic E-state index is 0.0350. The molecule has 0 saturated heterocycles. The first-order chi connectivity index (χ1) is 9.01. The van der Waals surface area contributed by atoms with E-state index in [1.54, 1.807) is 0 Å². The van der Waals surface area contributed by atoms with Crippen molar-refractivity contribution in [1.29, 1.82) is 0 Å². The van der Waals surface area contributed by atoms with Crippen molar-refractivity contribution in [2.24, 2.45) is 0 Å². The van der Waals surface area contributed by atoms with Crippen molar-refractivity contribution < 1.29 is 13.6 Å². The van der Waals surface area contributed by atoms with Gasteiger partial charge in [-0.3, -0.25) is 9.48 Å². The van der Waals surface area contributed by atoms with Crippen LogP contribution < -0.4 is 5.32 Å². The van der Waals surface area contributed by atoms with Crippen LogP contribution in [0.1, 0.15) is 17.4 Å². The quantitative estimate of drug-likeness (QED) is 0.942. The van der Waals surface area contributed by atoms with Crippen molar-refractivity contribution >= 4 is 23.2 Å². The Morgan fingerprint density at radius 3 is 2.84 bits per heavy atom. The number of aryl methyl sites for hydroxylation is 1. The lowest BCUT2D eigenvalue weighted by Crippen LogP contribution is -2.15. The summed E-state index contributed by atoms with van der Waals surface area (Å²) in [6.07, 6.45) is 1.48. The second kappa shape index (κ2) is 5.36. The Kier molecular flexibility index (Phi) is 3.80. The molecule has 0 saturated carbocycles. The number of hydrogen-bond acceptors (Lipinski definition) is 2. The summed E-state index contributed by atoms with van der Waals surface area (Å²) in [5.41, 5.74) is -0.292. The maximum atomic E-state index is 13.4. The molecular formula is C12H10ClF2N3O. The molecule has 1 aromatic carbocycles. The number of halogens is 3. The summed E-state index contributed by atoms with van der Waals surface area (Å²) >= 11 is 5.84. The van der Waals surface area contributed by atoms with Gasteiger partial charge in [-0.2, -0.15) is 5.10 Å². The molecule has 2 aromatic rings. The average molecular weight is 286 g/mol. The van der Waals surface area contributed by atoms with Gasteiger partial charge in [0, 0.05) is 18.8 Å². The molecule has 0 atom stereocenters.